The number of likely N-dealkylation sites (N-methyl/N-ethyl adjacent to an activating group) is 1. The lowest BCUT2D eigenvalue weighted by Gasteiger charge is -2.02. The Bertz CT molecular complexity index is 620. The largest absolute Gasteiger partial charge is 0.347 e. The van der Waals surface area contributed by atoms with Crippen LogP contribution in [0.5, 0.6) is 0 Å². The second-order valence-corrected chi connectivity index (χ2v) is 7.39. The van der Waals surface area contributed by atoms with E-state index in [-0.39, 0.29) is 6.54 Å². The van der Waals surface area contributed by atoms with Crippen molar-refractivity contribution in [3.8, 4) is 0 Å². The fourth-order valence-corrected chi connectivity index (χ4v) is 4.06. The first-order valence-electron chi connectivity index (χ1n) is 6.38. The molecule has 0 unspecified atom stereocenters. The third kappa shape index (κ3) is 4.14. The van der Waals surface area contributed by atoms with Crippen LogP contribution >= 0.6 is 11.3 Å². The first-order valence-corrected chi connectivity index (χ1v) is 8.68. The normalized spacial score (nSPS) is 11.8. The molecule has 0 aliphatic carbocycles. The highest BCUT2D eigenvalue weighted by Gasteiger charge is 2.16. The summed E-state index contributed by atoms with van der Waals surface area (Å²) in [5.74, 6) is 0. The zero-order chi connectivity index (χ0) is 14.4. The van der Waals surface area contributed by atoms with E-state index in [0.717, 1.165) is 30.1 Å². The number of hydrogen-bond donors (Lipinski definition) is 3. The minimum atomic E-state index is -3.45. The lowest BCUT2D eigenvalue weighted by Crippen LogP contribution is -2.22. The number of aromatic amines is 1. The third-order valence-corrected chi connectivity index (χ3v) is 5.75. The van der Waals surface area contributed by atoms with Crippen LogP contribution in [0, 0.1) is 0 Å². The molecular weight excluding hydrogens is 296 g/mol. The Kier molecular flexibility index (Phi) is 5.30. The number of thiophene rings is 1. The number of H-pyrrole nitrogens is 1. The molecule has 2 heterocycles. The molecule has 3 N–H and O–H groups in total. The highest BCUT2D eigenvalue weighted by atomic mass is 32.2. The molecule has 0 fully saturated rings. The zero-order valence-corrected chi connectivity index (χ0v) is 12.9. The van der Waals surface area contributed by atoms with E-state index in [4.69, 9.17) is 0 Å². The van der Waals surface area contributed by atoms with Gasteiger partial charge in [0.15, 0.2) is 0 Å². The summed E-state index contributed by atoms with van der Waals surface area (Å²) in [7, 11) is -3.45. The van der Waals surface area contributed by atoms with Gasteiger partial charge in [0.1, 0.15) is 4.21 Å². The Hall–Kier alpha value is -1.22. The molecule has 0 radical (unpaired) electrons. The fraction of sp³-hybridized carbons (Fsp3) is 0.417. The SMILES string of the molecule is CCNCCc1ccc(S(=O)(=O)NCc2cnc[nH]2)s1. The summed E-state index contributed by atoms with van der Waals surface area (Å²) in [6.07, 6.45) is 3.96. The molecule has 0 aromatic carbocycles. The second kappa shape index (κ2) is 6.98. The van der Waals surface area contributed by atoms with Gasteiger partial charge in [0.25, 0.3) is 0 Å². The van der Waals surface area contributed by atoms with Crippen molar-refractivity contribution >= 4 is 21.4 Å². The van der Waals surface area contributed by atoms with Crippen molar-refractivity contribution < 1.29 is 8.42 Å². The Labute approximate surface area is 122 Å². The number of hydrogen-bond acceptors (Lipinski definition) is 5. The zero-order valence-electron chi connectivity index (χ0n) is 11.2. The molecule has 0 atom stereocenters. The van der Waals surface area contributed by atoms with Crippen molar-refractivity contribution in [2.45, 2.75) is 24.1 Å². The quantitative estimate of drug-likeness (QED) is 0.637. The smallest absolute Gasteiger partial charge is 0.250 e. The van der Waals surface area contributed by atoms with E-state index in [1.807, 2.05) is 13.0 Å². The van der Waals surface area contributed by atoms with Gasteiger partial charge in [-0.3, -0.25) is 0 Å². The predicted molar refractivity (Wildman–Crippen MR) is 79.2 cm³/mol. The van der Waals surface area contributed by atoms with E-state index >= 15 is 0 Å². The van der Waals surface area contributed by atoms with Crippen LogP contribution in [-0.4, -0.2) is 31.5 Å². The molecule has 6 nitrogen and oxygen atoms in total. The maximum absolute atomic E-state index is 12.1. The summed E-state index contributed by atoms with van der Waals surface area (Å²) < 4.78 is 27.1. The van der Waals surface area contributed by atoms with Gasteiger partial charge in [0, 0.05) is 16.8 Å². The first-order chi connectivity index (χ1) is 9.62. The van der Waals surface area contributed by atoms with E-state index in [1.54, 1.807) is 12.3 Å². The van der Waals surface area contributed by atoms with Gasteiger partial charge in [-0.05, 0) is 31.6 Å². The molecular formula is C12H18N4O2S2. The van der Waals surface area contributed by atoms with Gasteiger partial charge in [0.05, 0.1) is 12.9 Å². The minimum Gasteiger partial charge on any atom is -0.347 e. The number of sulfonamides is 1. The highest BCUT2D eigenvalue weighted by Crippen LogP contribution is 2.21. The maximum Gasteiger partial charge on any atom is 0.250 e. The van der Waals surface area contributed by atoms with Crippen LogP contribution in [0.2, 0.25) is 0 Å². The number of nitrogens with zero attached hydrogens (tertiary/aromatic N) is 1. The van der Waals surface area contributed by atoms with Gasteiger partial charge in [-0.25, -0.2) is 18.1 Å². The summed E-state index contributed by atoms with van der Waals surface area (Å²) in [6.45, 7) is 4.04. The molecule has 2 rings (SSSR count). The molecule has 0 bridgehead atoms. The Morgan fingerprint density at radius 2 is 2.25 bits per heavy atom. The van der Waals surface area contributed by atoms with Crippen molar-refractivity contribution in [3.05, 3.63) is 35.2 Å². The summed E-state index contributed by atoms with van der Waals surface area (Å²) in [4.78, 5) is 7.77. The predicted octanol–water partition coefficient (Wildman–Crippen LogP) is 1.10. The van der Waals surface area contributed by atoms with Crippen LogP contribution in [0.4, 0.5) is 0 Å². The number of rotatable bonds is 8. The van der Waals surface area contributed by atoms with Gasteiger partial charge >= 0.3 is 0 Å². The summed E-state index contributed by atoms with van der Waals surface area (Å²) in [5.41, 5.74) is 0.734. The van der Waals surface area contributed by atoms with Crippen LogP contribution < -0.4 is 10.0 Å². The highest BCUT2D eigenvalue weighted by molar-refractivity contribution is 7.91. The lowest BCUT2D eigenvalue weighted by atomic mass is 10.3. The van der Waals surface area contributed by atoms with Crippen LogP contribution in [0.25, 0.3) is 0 Å². The van der Waals surface area contributed by atoms with Gasteiger partial charge in [-0.2, -0.15) is 0 Å². The van der Waals surface area contributed by atoms with Crippen LogP contribution in [0.1, 0.15) is 17.5 Å². The summed E-state index contributed by atoms with van der Waals surface area (Å²) >= 11 is 1.31. The van der Waals surface area contributed by atoms with Crippen molar-refractivity contribution in [3.63, 3.8) is 0 Å². The molecule has 0 aliphatic heterocycles. The van der Waals surface area contributed by atoms with Crippen molar-refractivity contribution in [2.75, 3.05) is 13.1 Å². The molecule has 2 aromatic heterocycles. The first kappa shape index (κ1) is 15.2. The fourth-order valence-electron chi connectivity index (χ4n) is 1.65. The van der Waals surface area contributed by atoms with Gasteiger partial charge in [-0.15, -0.1) is 11.3 Å². The molecule has 0 saturated carbocycles. The van der Waals surface area contributed by atoms with Crippen LogP contribution in [0.15, 0.2) is 28.9 Å². The average molecular weight is 314 g/mol. The lowest BCUT2D eigenvalue weighted by molar-refractivity contribution is 0.582. The molecule has 2 aromatic rings. The average Bonchev–Trinajstić information content (AvgIpc) is 3.08. The molecule has 0 amide bonds. The van der Waals surface area contributed by atoms with Gasteiger partial charge in [-0.1, -0.05) is 6.92 Å². The monoisotopic (exact) mass is 314 g/mol. The van der Waals surface area contributed by atoms with Crippen molar-refractivity contribution in [1.29, 1.82) is 0 Å². The van der Waals surface area contributed by atoms with E-state index in [1.165, 1.54) is 17.7 Å². The van der Waals surface area contributed by atoms with E-state index < -0.39 is 10.0 Å². The van der Waals surface area contributed by atoms with Gasteiger partial charge < -0.3 is 10.3 Å². The Balaban J connectivity index is 1.95. The Morgan fingerprint density at radius 3 is 2.95 bits per heavy atom. The second-order valence-electron chi connectivity index (χ2n) is 4.23. The summed E-state index contributed by atoms with van der Waals surface area (Å²) in [6, 6.07) is 3.52. The molecule has 0 spiro atoms. The van der Waals surface area contributed by atoms with Crippen LogP contribution in [0.3, 0.4) is 0 Å². The van der Waals surface area contributed by atoms with Gasteiger partial charge in [0.2, 0.25) is 10.0 Å². The Morgan fingerprint density at radius 1 is 1.40 bits per heavy atom. The summed E-state index contributed by atoms with van der Waals surface area (Å²) in [5, 5.41) is 3.22. The molecule has 110 valence electrons. The number of imidazole rings is 1. The molecule has 8 heteroatoms. The third-order valence-electron chi connectivity index (χ3n) is 2.71. The molecule has 0 saturated heterocycles. The van der Waals surface area contributed by atoms with Crippen molar-refractivity contribution in [1.82, 2.24) is 20.0 Å². The van der Waals surface area contributed by atoms with Crippen LogP contribution in [-0.2, 0) is 23.0 Å². The standard InChI is InChI=1S/C12H18N4O2S2/c1-2-13-6-5-11-3-4-12(19-11)20(17,18)16-8-10-7-14-9-15-10/h3-4,7,9,13,16H,2,5-6,8H2,1H3,(H,14,15). The van der Waals surface area contributed by atoms with Crippen molar-refractivity contribution in [2.24, 2.45) is 0 Å². The molecule has 0 aliphatic rings. The number of nitrogens with one attached hydrogen (secondary N) is 3. The topological polar surface area (TPSA) is 86.9 Å². The molecule has 20 heavy (non-hydrogen) atoms. The van der Waals surface area contributed by atoms with E-state index in [2.05, 4.69) is 20.0 Å². The van der Waals surface area contributed by atoms with E-state index in [0.29, 0.717) is 4.21 Å². The number of aromatic nitrogens is 2. The van der Waals surface area contributed by atoms with E-state index in [9.17, 15) is 8.42 Å². The maximum atomic E-state index is 12.1. The minimum absolute atomic E-state index is 0.215.